The number of hydrogen-bond acceptors (Lipinski definition) is 5. The van der Waals surface area contributed by atoms with Crippen LogP contribution in [0.25, 0.3) is 0 Å². The first-order chi connectivity index (χ1) is 17.3. The molecule has 4 aromatic carbocycles. The van der Waals surface area contributed by atoms with Crippen LogP contribution in [0.4, 0.5) is 11.4 Å². The van der Waals surface area contributed by atoms with Gasteiger partial charge in [0.05, 0.1) is 12.0 Å². The van der Waals surface area contributed by atoms with Gasteiger partial charge in [-0.25, -0.2) is 8.42 Å². The molecule has 0 spiro atoms. The second kappa shape index (κ2) is 11.5. The van der Waals surface area contributed by atoms with Gasteiger partial charge in [-0.3, -0.25) is 9.52 Å². The predicted molar refractivity (Wildman–Crippen MR) is 146 cm³/mol. The third-order valence-corrected chi connectivity index (χ3v) is 7.93. The minimum absolute atomic E-state index is 0.0823. The minimum Gasteiger partial charge on any atom is -0.497 e. The van der Waals surface area contributed by atoms with Crippen LogP contribution in [0.15, 0.2) is 107 Å². The Hall–Kier alpha value is -3.46. The number of anilines is 2. The Balaban J connectivity index is 1.34. The Morgan fingerprint density at radius 3 is 2.06 bits per heavy atom. The van der Waals surface area contributed by atoms with Gasteiger partial charge >= 0.3 is 0 Å². The van der Waals surface area contributed by atoms with E-state index in [0.717, 1.165) is 16.2 Å². The molecule has 0 saturated carbocycles. The molecular formula is C27H23ClN2O4S2. The molecule has 2 N–H and O–H groups in total. The number of rotatable bonds is 9. The third-order valence-electron chi connectivity index (χ3n) is 5.20. The van der Waals surface area contributed by atoms with Gasteiger partial charge in [0.1, 0.15) is 5.75 Å². The van der Waals surface area contributed by atoms with E-state index in [1.54, 1.807) is 60.3 Å². The molecule has 0 aliphatic carbocycles. The number of carbonyl (C=O) groups excluding carboxylic acids is 1. The highest BCUT2D eigenvalue weighted by molar-refractivity contribution is 7.98. The summed E-state index contributed by atoms with van der Waals surface area (Å²) in [5.74, 6) is 1.12. The number of amides is 1. The van der Waals surface area contributed by atoms with Crippen LogP contribution in [-0.4, -0.2) is 21.4 Å². The van der Waals surface area contributed by atoms with Gasteiger partial charge in [0.25, 0.3) is 15.9 Å². The summed E-state index contributed by atoms with van der Waals surface area (Å²) in [6.07, 6.45) is 0. The fraction of sp³-hybridized carbons (Fsp3) is 0.0741. The summed E-state index contributed by atoms with van der Waals surface area (Å²) in [4.78, 5) is 13.8. The molecule has 0 saturated heterocycles. The van der Waals surface area contributed by atoms with Crippen LogP contribution < -0.4 is 14.8 Å². The van der Waals surface area contributed by atoms with E-state index in [4.69, 9.17) is 16.3 Å². The van der Waals surface area contributed by atoms with E-state index in [0.29, 0.717) is 27.7 Å². The first-order valence-corrected chi connectivity index (χ1v) is 13.7. The van der Waals surface area contributed by atoms with E-state index >= 15 is 0 Å². The van der Waals surface area contributed by atoms with Crippen molar-refractivity contribution in [2.45, 2.75) is 15.5 Å². The SMILES string of the molecule is COc1ccc(NS(=O)(=O)c2ccc(NC(=O)c3ccc(CSc4ccc(Cl)cc4)cc3)cc2)cc1. The summed E-state index contributed by atoms with van der Waals surface area (Å²) in [7, 11) is -2.24. The molecule has 0 aromatic heterocycles. The summed E-state index contributed by atoms with van der Waals surface area (Å²) >= 11 is 7.61. The molecule has 4 aromatic rings. The zero-order chi connectivity index (χ0) is 25.5. The Morgan fingerprint density at radius 1 is 0.833 bits per heavy atom. The molecule has 9 heteroatoms. The van der Waals surface area contributed by atoms with Crippen LogP contribution in [0.5, 0.6) is 5.75 Å². The first-order valence-electron chi connectivity index (χ1n) is 10.9. The highest BCUT2D eigenvalue weighted by Crippen LogP contribution is 2.25. The van der Waals surface area contributed by atoms with Crippen molar-refractivity contribution in [2.24, 2.45) is 0 Å². The van der Waals surface area contributed by atoms with Crippen LogP contribution in [0.3, 0.4) is 0 Å². The van der Waals surface area contributed by atoms with Crippen LogP contribution in [-0.2, 0) is 15.8 Å². The lowest BCUT2D eigenvalue weighted by Crippen LogP contribution is -2.14. The Morgan fingerprint density at radius 2 is 1.44 bits per heavy atom. The Kier molecular flexibility index (Phi) is 8.20. The molecule has 1 amide bonds. The van der Waals surface area contributed by atoms with E-state index in [-0.39, 0.29) is 10.8 Å². The lowest BCUT2D eigenvalue weighted by Gasteiger charge is -2.10. The number of carbonyl (C=O) groups is 1. The molecule has 6 nitrogen and oxygen atoms in total. The maximum atomic E-state index is 12.7. The highest BCUT2D eigenvalue weighted by Gasteiger charge is 2.15. The van der Waals surface area contributed by atoms with Gasteiger partial charge in [-0.1, -0.05) is 23.7 Å². The fourth-order valence-electron chi connectivity index (χ4n) is 3.24. The molecule has 36 heavy (non-hydrogen) atoms. The van der Waals surface area contributed by atoms with Crippen LogP contribution in [0, 0.1) is 0 Å². The number of halogens is 1. The standard InChI is InChI=1S/C27H23ClN2O4S2/c1-34-24-12-8-23(9-13-24)30-36(32,33)26-16-10-22(11-17-26)29-27(31)20-4-2-19(3-5-20)18-35-25-14-6-21(28)7-15-25/h2-17,30H,18H2,1H3,(H,29,31). The minimum atomic E-state index is -3.77. The van der Waals surface area contributed by atoms with Crippen LogP contribution in [0.2, 0.25) is 5.02 Å². The number of thioether (sulfide) groups is 1. The third kappa shape index (κ3) is 6.81. The lowest BCUT2D eigenvalue weighted by molar-refractivity contribution is 0.102. The van der Waals surface area contributed by atoms with Crippen molar-refractivity contribution in [3.05, 3.63) is 113 Å². The van der Waals surface area contributed by atoms with Crippen molar-refractivity contribution in [1.82, 2.24) is 0 Å². The summed E-state index contributed by atoms with van der Waals surface area (Å²) in [6, 6.07) is 27.6. The van der Waals surface area contributed by atoms with Gasteiger partial charge < -0.3 is 10.1 Å². The average molecular weight is 539 g/mol. The van der Waals surface area contributed by atoms with Gasteiger partial charge in [0.15, 0.2) is 0 Å². The molecule has 4 rings (SSSR count). The second-order valence-corrected chi connectivity index (χ2v) is 10.9. The van der Waals surface area contributed by atoms with Gasteiger partial charge in [-0.05, 0) is 90.5 Å². The van der Waals surface area contributed by atoms with E-state index < -0.39 is 10.0 Å². The van der Waals surface area contributed by atoms with Crippen molar-refractivity contribution >= 4 is 50.7 Å². The summed E-state index contributed by atoms with van der Waals surface area (Å²) in [6.45, 7) is 0. The second-order valence-electron chi connectivity index (χ2n) is 7.75. The van der Waals surface area contributed by atoms with E-state index in [1.165, 1.54) is 19.2 Å². The van der Waals surface area contributed by atoms with Gasteiger partial charge in [-0.15, -0.1) is 11.8 Å². The smallest absolute Gasteiger partial charge is 0.261 e. The van der Waals surface area contributed by atoms with Gasteiger partial charge in [0.2, 0.25) is 0 Å². The number of methoxy groups -OCH3 is 1. The first kappa shape index (κ1) is 25.6. The summed E-state index contributed by atoms with van der Waals surface area (Å²) in [5, 5.41) is 3.50. The van der Waals surface area contributed by atoms with Crippen LogP contribution in [0.1, 0.15) is 15.9 Å². The molecule has 0 radical (unpaired) electrons. The highest BCUT2D eigenvalue weighted by atomic mass is 35.5. The van der Waals surface area contributed by atoms with Crippen molar-refractivity contribution in [1.29, 1.82) is 0 Å². The molecule has 0 unspecified atom stereocenters. The molecule has 0 heterocycles. The van der Waals surface area contributed by atoms with Gasteiger partial charge in [0, 0.05) is 32.6 Å². The molecule has 0 bridgehead atoms. The molecule has 0 aliphatic rings. The van der Waals surface area contributed by atoms with Crippen molar-refractivity contribution in [3.8, 4) is 5.75 Å². The maximum Gasteiger partial charge on any atom is 0.261 e. The zero-order valence-corrected chi connectivity index (χ0v) is 21.7. The quantitative estimate of drug-likeness (QED) is 0.232. The van der Waals surface area contributed by atoms with Gasteiger partial charge in [-0.2, -0.15) is 0 Å². The van der Waals surface area contributed by atoms with Crippen molar-refractivity contribution in [3.63, 3.8) is 0 Å². The zero-order valence-electron chi connectivity index (χ0n) is 19.3. The Bertz CT molecular complexity index is 1420. The van der Waals surface area contributed by atoms with E-state index in [1.807, 2.05) is 36.4 Å². The topological polar surface area (TPSA) is 84.5 Å². The fourth-order valence-corrected chi connectivity index (χ4v) is 5.28. The Labute approximate surface area is 219 Å². The molecule has 0 aliphatic heterocycles. The molecular weight excluding hydrogens is 516 g/mol. The summed E-state index contributed by atoms with van der Waals surface area (Å²) < 4.78 is 32.9. The summed E-state index contributed by atoms with van der Waals surface area (Å²) in [5.41, 5.74) is 2.51. The van der Waals surface area contributed by atoms with Crippen molar-refractivity contribution in [2.75, 3.05) is 17.1 Å². The number of nitrogens with one attached hydrogen (secondary N) is 2. The van der Waals surface area contributed by atoms with E-state index in [2.05, 4.69) is 10.0 Å². The monoisotopic (exact) mass is 538 g/mol. The number of ether oxygens (including phenoxy) is 1. The number of sulfonamides is 1. The predicted octanol–water partition coefficient (Wildman–Crippen LogP) is 6.69. The molecule has 0 atom stereocenters. The largest absolute Gasteiger partial charge is 0.497 e. The number of benzene rings is 4. The normalized spacial score (nSPS) is 11.1. The van der Waals surface area contributed by atoms with E-state index in [9.17, 15) is 13.2 Å². The number of hydrogen-bond donors (Lipinski definition) is 2. The maximum absolute atomic E-state index is 12.7. The van der Waals surface area contributed by atoms with Crippen molar-refractivity contribution < 1.29 is 17.9 Å². The lowest BCUT2D eigenvalue weighted by atomic mass is 10.1. The molecule has 0 fully saturated rings. The molecule has 184 valence electrons. The average Bonchev–Trinajstić information content (AvgIpc) is 2.89. The van der Waals surface area contributed by atoms with Crippen LogP contribution >= 0.6 is 23.4 Å².